The average Bonchev–Trinajstić information content (AvgIpc) is 2.44. The third-order valence-electron chi connectivity index (χ3n) is 2.70. The van der Waals surface area contributed by atoms with Crippen molar-refractivity contribution in [2.75, 3.05) is 13.1 Å². The summed E-state index contributed by atoms with van der Waals surface area (Å²) in [6.07, 6.45) is 0. The number of carboxylic acids is 1. The van der Waals surface area contributed by atoms with Crippen LogP contribution in [0.5, 0.6) is 0 Å². The second-order valence-corrected chi connectivity index (χ2v) is 5.51. The van der Waals surface area contributed by atoms with Gasteiger partial charge in [-0.25, -0.2) is 4.79 Å². The second-order valence-electron chi connectivity index (χ2n) is 5.51. The van der Waals surface area contributed by atoms with Gasteiger partial charge < -0.3 is 15.3 Å². The summed E-state index contributed by atoms with van der Waals surface area (Å²) in [5.41, 5.74) is -0.290. The number of carboxylic acid groups (broad SMARTS) is 1. The number of rotatable bonds is 1. The topological polar surface area (TPSA) is 69.6 Å². The second kappa shape index (κ2) is 4.31. The zero-order valence-corrected chi connectivity index (χ0v) is 10.3. The predicted octanol–water partition coefficient (Wildman–Crippen LogP) is 1.15. The van der Waals surface area contributed by atoms with Gasteiger partial charge in [-0.05, 0) is 26.7 Å². The molecule has 1 fully saturated rings. The van der Waals surface area contributed by atoms with Crippen molar-refractivity contribution in [3.8, 4) is 0 Å². The molecular weight excluding hydrogens is 208 g/mol. The number of likely N-dealkylation sites (tertiary alicyclic amines) is 1. The third-order valence-corrected chi connectivity index (χ3v) is 2.70. The Morgan fingerprint density at radius 2 is 1.88 bits per heavy atom. The monoisotopic (exact) mass is 228 g/mol. The van der Waals surface area contributed by atoms with Crippen LogP contribution in [0.15, 0.2) is 0 Å². The fraction of sp³-hybridized carbons (Fsp3) is 0.818. The standard InChI is InChI=1S/C11H20N2O3/c1-7-5-13(6-8(7)9(14)15)10(16)12-11(2,3)4/h7-8H,5-6H2,1-4H3,(H,12,16)(H,14,15)/t7-,8-/m1/s1. The molecule has 16 heavy (non-hydrogen) atoms. The van der Waals surface area contributed by atoms with Gasteiger partial charge in [-0.3, -0.25) is 4.79 Å². The Bertz CT molecular complexity index is 296. The Morgan fingerprint density at radius 3 is 2.25 bits per heavy atom. The molecular formula is C11H20N2O3. The molecule has 0 aliphatic carbocycles. The van der Waals surface area contributed by atoms with E-state index in [-0.39, 0.29) is 17.5 Å². The first kappa shape index (κ1) is 12.8. The summed E-state index contributed by atoms with van der Waals surface area (Å²) in [4.78, 5) is 24.3. The smallest absolute Gasteiger partial charge is 0.317 e. The van der Waals surface area contributed by atoms with Gasteiger partial charge in [0.15, 0.2) is 0 Å². The van der Waals surface area contributed by atoms with Crippen molar-refractivity contribution in [3.05, 3.63) is 0 Å². The van der Waals surface area contributed by atoms with E-state index in [9.17, 15) is 9.59 Å². The van der Waals surface area contributed by atoms with E-state index in [0.29, 0.717) is 13.1 Å². The molecule has 5 nitrogen and oxygen atoms in total. The van der Waals surface area contributed by atoms with Crippen molar-refractivity contribution < 1.29 is 14.7 Å². The summed E-state index contributed by atoms with van der Waals surface area (Å²) in [6, 6.07) is -0.178. The molecule has 0 radical (unpaired) electrons. The highest BCUT2D eigenvalue weighted by Gasteiger charge is 2.37. The van der Waals surface area contributed by atoms with Gasteiger partial charge in [0.25, 0.3) is 0 Å². The van der Waals surface area contributed by atoms with Crippen molar-refractivity contribution >= 4 is 12.0 Å². The van der Waals surface area contributed by atoms with Gasteiger partial charge in [0, 0.05) is 18.6 Å². The Balaban J connectivity index is 2.58. The molecule has 1 aliphatic heterocycles. The number of hydrogen-bond donors (Lipinski definition) is 2. The number of amides is 2. The van der Waals surface area contributed by atoms with Crippen molar-refractivity contribution in [1.82, 2.24) is 10.2 Å². The fourth-order valence-electron chi connectivity index (χ4n) is 1.85. The lowest BCUT2D eigenvalue weighted by Crippen LogP contribution is -2.48. The summed E-state index contributed by atoms with van der Waals surface area (Å²) in [5.74, 6) is -1.24. The minimum atomic E-state index is -0.821. The first-order valence-electron chi connectivity index (χ1n) is 5.50. The van der Waals surface area contributed by atoms with Crippen LogP contribution in [-0.2, 0) is 4.79 Å². The molecule has 5 heteroatoms. The van der Waals surface area contributed by atoms with Gasteiger partial charge in [-0.1, -0.05) is 6.92 Å². The molecule has 2 atom stereocenters. The first-order valence-corrected chi connectivity index (χ1v) is 5.50. The quantitative estimate of drug-likeness (QED) is 0.707. The maximum atomic E-state index is 11.8. The normalized spacial score (nSPS) is 25.6. The van der Waals surface area contributed by atoms with Crippen LogP contribution in [0.2, 0.25) is 0 Å². The molecule has 92 valence electrons. The molecule has 2 amide bonds. The summed E-state index contributed by atoms with van der Waals surface area (Å²) in [6.45, 7) is 8.39. The lowest BCUT2D eigenvalue weighted by Gasteiger charge is -2.25. The van der Waals surface area contributed by atoms with E-state index in [0.717, 1.165) is 0 Å². The van der Waals surface area contributed by atoms with E-state index in [1.54, 1.807) is 4.90 Å². The molecule has 1 saturated heterocycles. The van der Waals surface area contributed by atoms with Gasteiger partial charge in [-0.2, -0.15) is 0 Å². The van der Waals surface area contributed by atoms with E-state index in [1.807, 2.05) is 27.7 Å². The summed E-state index contributed by atoms with van der Waals surface area (Å²) >= 11 is 0. The predicted molar refractivity (Wildman–Crippen MR) is 60.1 cm³/mol. The molecule has 0 bridgehead atoms. The van der Waals surface area contributed by atoms with Crippen LogP contribution in [0.25, 0.3) is 0 Å². The highest BCUT2D eigenvalue weighted by atomic mass is 16.4. The molecule has 1 rings (SSSR count). The highest BCUT2D eigenvalue weighted by Crippen LogP contribution is 2.23. The molecule has 0 aromatic rings. The van der Waals surface area contributed by atoms with Crippen molar-refractivity contribution in [2.45, 2.75) is 33.2 Å². The number of nitrogens with zero attached hydrogens (tertiary/aromatic N) is 1. The maximum Gasteiger partial charge on any atom is 0.317 e. The lowest BCUT2D eigenvalue weighted by atomic mass is 9.99. The molecule has 1 heterocycles. The number of carbonyl (C=O) groups excluding carboxylic acids is 1. The van der Waals surface area contributed by atoms with Crippen LogP contribution in [-0.4, -0.2) is 40.6 Å². The van der Waals surface area contributed by atoms with Crippen LogP contribution < -0.4 is 5.32 Å². The SMILES string of the molecule is C[C@@H]1CN(C(=O)NC(C)(C)C)C[C@H]1C(=O)O. The average molecular weight is 228 g/mol. The third kappa shape index (κ3) is 3.12. The summed E-state index contributed by atoms with van der Waals surface area (Å²) < 4.78 is 0. The number of urea groups is 1. The van der Waals surface area contributed by atoms with Crippen molar-refractivity contribution in [1.29, 1.82) is 0 Å². The van der Waals surface area contributed by atoms with Crippen LogP contribution >= 0.6 is 0 Å². The van der Waals surface area contributed by atoms with Crippen LogP contribution in [0.3, 0.4) is 0 Å². The maximum absolute atomic E-state index is 11.8. The fourth-order valence-corrected chi connectivity index (χ4v) is 1.85. The Hall–Kier alpha value is -1.26. The van der Waals surface area contributed by atoms with E-state index >= 15 is 0 Å². The first-order chi connectivity index (χ1) is 7.20. The Kier molecular flexibility index (Phi) is 3.45. The molecule has 0 aromatic heterocycles. The van der Waals surface area contributed by atoms with Crippen LogP contribution in [0.4, 0.5) is 4.79 Å². The number of nitrogens with one attached hydrogen (secondary N) is 1. The summed E-state index contributed by atoms with van der Waals surface area (Å²) in [7, 11) is 0. The number of aliphatic carboxylic acids is 1. The van der Waals surface area contributed by atoms with Crippen molar-refractivity contribution in [2.24, 2.45) is 11.8 Å². The van der Waals surface area contributed by atoms with Gasteiger partial charge in [0.2, 0.25) is 0 Å². The summed E-state index contributed by atoms with van der Waals surface area (Å²) in [5, 5.41) is 11.8. The Morgan fingerprint density at radius 1 is 1.31 bits per heavy atom. The number of hydrogen-bond acceptors (Lipinski definition) is 2. The molecule has 2 N–H and O–H groups in total. The highest BCUT2D eigenvalue weighted by molar-refractivity contribution is 5.78. The van der Waals surface area contributed by atoms with Gasteiger partial charge in [0.1, 0.15) is 0 Å². The van der Waals surface area contributed by atoms with E-state index in [2.05, 4.69) is 5.32 Å². The van der Waals surface area contributed by atoms with E-state index < -0.39 is 11.9 Å². The van der Waals surface area contributed by atoms with E-state index in [1.165, 1.54) is 0 Å². The number of carbonyl (C=O) groups is 2. The largest absolute Gasteiger partial charge is 0.481 e. The lowest BCUT2D eigenvalue weighted by molar-refractivity contribution is -0.142. The van der Waals surface area contributed by atoms with E-state index in [4.69, 9.17) is 5.11 Å². The van der Waals surface area contributed by atoms with Crippen LogP contribution in [0, 0.1) is 11.8 Å². The zero-order valence-electron chi connectivity index (χ0n) is 10.3. The van der Waals surface area contributed by atoms with Crippen LogP contribution in [0.1, 0.15) is 27.7 Å². The molecule has 0 spiro atoms. The van der Waals surface area contributed by atoms with Crippen molar-refractivity contribution in [3.63, 3.8) is 0 Å². The molecule has 0 aromatic carbocycles. The minimum Gasteiger partial charge on any atom is -0.481 e. The van der Waals surface area contributed by atoms with Gasteiger partial charge in [0.05, 0.1) is 5.92 Å². The zero-order chi connectivity index (χ0) is 12.5. The molecule has 0 unspecified atom stereocenters. The van der Waals surface area contributed by atoms with Gasteiger partial charge >= 0.3 is 12.0 Å². The molecule has 0 saturated carbocycles. The molecule has 1 aliphatic rings. The van der Waals surface area contributed by atoms with Gasteiger partial charge in [-0.15, -0.1) is 0 Å². The minimum absolute atomic E-state index is 0.0169. The Labute approximate surface area is 95.8 Å².